The fraction of sp³-hybridized carbons (Fsp3) is 0.889. The van der Waals surface area contributed by atoms with Crippen molar-refractivity contribution in [2.45, 2.75) is 33.6 Å². The third-order valence-corrected chi connectivity index (χ3v) is 3.61. The molecular formula is C9H19NO2S. The SMILES string of the molecule is CC.CCC1(C(=O)NO)CCSC1. The van der Waals surface area contributed by atoms with Crippen molar-refractivity contribution in [3.8, 4) is 0 Å². The van der Waals surface area contributed by atoms with Crippen molar-refractivity contribution < 1.29 is 10.0 Å². The van der Waals surface area contributed by atoms with E-state index in [4.69, 9.17) is 5.21 Å². The van der Waals surface area contributed by atoms with Gasteiger partial charge in [0.2, 0.25) is 5.91 Å². The highest BCUT2D eigenvalue weighted by Gasteiger charge is 2.39. The monoisotopic (exact) mass is 205 g/mol. The molecule has 1 saturated heterocycles. The molecule has 0 aromatic carbocycles. The quantitative estimate of drug-likeness (QED) is 0.536. The summed E-state index contributed by atoms with van der Waals surface area (Å²) in [5, 5.41) is 8.48. The first-order valence-corrected chi connectivity index (χ1v) is 5.93. The number of hydroxylamine groups is 1. The lowest BCUT2D eigenvalue weighted by Crippen LogP contribution is -2.39. The highest BCUT2D eigenvalue weighted by Crippen LogP contribution is 2.38. The van der Waals surface area contributed by atoms with E-state index in [2.05, 4.69) is 0 Å². The zero-order valence-corrected chi connectivity index (χ0v) is 9.41. The summed E-state index contributed by atoms with van der Waals surface area (Å²) in [6, 6.07) is 0. The van der Waals surface area contributed by atoms with E-state index in [1.165, 1.54) is 0 Å². The topological polar surface area (TPSA) is 49.3 Å². The average Bonchev–Trinajstić information content (AvgIpc) is 2.69. The smallest absolute Gasteiger partial charge is 0.250 e. The van der Waals surface area contributed by atoms with E-state index in [1.807, 2.05) is 20.8 Å². The summed E-state index contributed by atoms with van der Waals surface area (Å²) >= 11 is 1.78. The van der Waals surface area contributed by atoms with Gasteiger partial charge in [0.25, 0.3) is 0 Å². The van der Waals surface area contributed by atoms with Crippen LogP contribution in [0, 0.1) is 5.41 Å². The normalized spacial score (nSPS) is 26.2. The highest BCUT2D eigenvalue weighted by atomic mass is 32.2. The number of carbonyl (C=O) groups is 1. The van der Waals surface area contributed by atoms with Gasteiger partial charge in [0, 0.05) is 5.75 Å². The molecule has 1 amide bonds. The van der Waals surface area contributed by atoms with Crippen molar-refractivity contribution in [3.63, 3.8) is 0 Å². The van der Waals surface area contributed by atoms with Gasteiger partial charge in [-0.3, -0.25) is 10.0 Å². The summed E-state index contributed by atoms with van der Waals surface area (Å²) in [5.74, 6) is 1.65. The molecule has 0 spiro atoms. The van der Waals surface area contributed by atoms with Gasteiger partial charge in [0.05, 0.1) is 5.41 Å². The molecule has 0 aromatic rings. The molecule has 1 rings (SSSR count). The van der Waals surface area contributed by atoms with E-state index in [1.54, 1.807) is 17.2 Å². The number of rotatable bonds is 2. The highest BCUT2D eigenvalue weighted by molar-refractivity contribution is 7.99. The van der Waals surface area contributed by atoms with Crippen molar-refractivity contribution in [2.24, 2.45) is 5.41 Å². The fourth-order valence-corrected chi connectivity index (χ4v) is 2.89. The Hall–Kier alpha value is -0.220. The Labute approximate surface area is 84.2 Å². The number of carbonyl (C=O) groups excluding carboxylic acids is 1. The first kappa shape index (κ1) is 12.8. The van der Waals surface area contributed by atoms with Gasteiger partial charge < -0.3 is 0 Å². The molecule has 0 aliphatic carbocycles. The minimum Gasteiger partial charge on any atom is -0.289 e. The van der Waals surface area contributed by atoms with E-state index in [0.29, 0.717) is 0 Å². The third kappa shape index (κ3) is 2.88. The summed E-state index contributed by atoms with van der Waals surface area (Å²) in [6.45, 7) is 5.99. The van der Waals surface area contributed by atoms with Gasteiger partial charge in [0.15, 0.2) is 0 Å². The molecule has 0 saturated carbocycles. The molecule has 1 atom stereocenters. The van der Waals surface area contributed by atoms with Gasteiger partial charge in [-0.05, 0) is 18.6 Å². The van der Waals surface area contributed by atoms with Gasteiger partial charge in [-0.1, -0.05) is 20.8 Å². The standard InChI is InChI=1S/C7H13NO2S.C2H6/c1-2-7(6(9)8-10)3-4-11-5-7;1-2/h10H,2-5H2,1H3,(H,8,9);1-2H3. The Morgan fingerprint density at radius 1 is 1.62 bits per heavy atom. The molecular weight excluding hydrogens is 186 g/mol. The van der Waals surface area contributed by atoms with Crippen molar-refractivity contribution in [1.82, 2.24) is 5.48 Å². The second-order valence-electron chi connectivity index (χ2n) is 2.88. The molecule has 2 N–H and O–H groups in total. The van der Waals surface area contributed by atoms with E-state index in [-0.39, 0.29) is 11.3 Å². The van der Waals surface area contributed by atoms with Crippen LogP contribution in [0.2, 0.25) is 0 Å². The van der Waals surface area contributed by atoms with Gasteiger partial charge in [-0.2, -0.15) is 11.8 Å². The molecule has 0 radical (unpaired) electrons. The molecule has 1 aliphatic heterocycles. The maximum absolute atomic E-state index is 11.2. The maximum Gasteiger partial charge on any atom is 0.250 e. The summed E-state index contributed by atoms with van der Waals surface area (Å²) in [4.78, 5) is 11.2. The van der Waals surface area contributed by atoms with Crippen LogP contribution in [0.15, 0.2) is 0 Å². The van der Waals surface area contributed by atoms with Crippen LogP contribution in [-0.4, -0.2) is 22.6 Å². The number of nitrogens with one attached hydrogen (secondary N) is 1. The Morgan fingerprint density at radius 2 is 2.23 bits per heavy atom. The number of thioether (sulfide) groups is 1. The Bertz CT molecular complexity index is 156. The Kier molecular flexibility index (Phi) is 6.16. The van der Waals surface area contributed by atoms with Crippen LogP contribution < -0.4 is 5.48 Å². The number of hydrogen-bond donors (Lipinski definition) is 2. The van der Waals surface area contributed by atoms with Crippen molar-refractivity contribution in [3.05, 3.63) is 0 Å². The van der Waals surface area contributed by atoms with Crippen LogP contribution in [-0.2, 0) is 4.79 Å². The van der Waals surface area contributed by atoms with Crippen LogP contribution in [0.4, 0.5) is 0 Å². The molecule has 0 aromatic heterocycles. The predicted octanol–water partition coefficient (Wildman–Crippen LogP) is 2.05. The minimum absolute atomic E-state index is 0.218. The minimum atomic E-state index is -0.292. The molecule has 1 heterocycles. The van der Waals surface area contributed by atoms with Gasteiger partial charge >= 0.3 is 0 Å². The van der Waals surface area contributed by atoms with Gasteiger partial charge in [-0.15, -0.1) is 0 Å². The Balaban J connectivity index is 0.000000671. The van der Waals surface area contributed by atoms with Crippen LogP contribution in [0.1, 0.15) is 33.6 Å². The molecule has 1 aliphatic rings. The van der Waals surface area contributed by atoms with Crippen LogP contribution in [0.3, 0.4) is 0 Å². The van der Waals surface area contributed by atoms with Crippen molar-refractivity contribution in [2.75, 3.05) is 11.5 Å². The number of amides is 1. The molecule has 3 nitrogen and oxygen atoms in total. The van der Waals surface area contributed by atoms with Crippen LogP contribution >= 0.6 is 11.8 Å². The lowest BCUT2D eigenvalue weighted by molar-refractivity contribution is -0.138. The average molecular weight is 205 g/mol. The largest absolute Gasteiger partial charge is 0.289 e. The lowest BCUT2D eigenvalue weighted by Gasteiger charge is -2.22. The molecule has 78 valence electrons. The van der Waals surface area contributed by atoms with E-state index >= 15 is 0 Å². The van der Waals surface area contributed by atoms with Gasteiger partial charge in [0.1, 0.15) is 0 Å². The van der Waals surface area contributed by atoms with Crippen molar-refractivity contribution in [1.29, 1.82) is 0 Å². The van der Waals surface area contributed by atoms with E-state index in [0.717, 1.165) is 24.3 Å². The molecule has 0 bridgehead atoms. The zero-order valence-electron chi connectivity index (χ0n) is 8.59. The first-order valence-electron chi connectivity index (χ1n) is 4.77. The fourth-order valence-electron chi connectivity index (χ4n) is 1.34. The zero-order chi connectivity index (χ0) is 10.3. The van der Waals surface area contributed by atoms with E-state index in [9.17, 15) is 4.79 Å². The number of hydrogen-bond acceptors (Lipinski definition) is 3. The molecule has 1 unspecified atom stereocenters. The summed E-state index contributed by atoms with van der Waals surface area (Å²) in [6.07, 6.45) is 1.70. The maximum atomic E-state index is 11.2. The van der Waals surface area contributed by atoms with Crippen molar-refractivity contribution >= 4 is 17.7 Å². The summed E-state index contributed by atoms with van der Waals surface area (Å²) in [5.41, 5.74) is 1.45. The first-order chi connectivity index (χ1) is 6.25. The lowest BCUT2D eigenvalue weighted by atomic mass is 9.84. The van der Waals surface area contributed by atoms with E-state index < -0.39 is 0 Å². The predicted molar refractivity (Wildman–Crippen MR) is 55.9 cm³/mol. The van der Waals surface area contributed by atoms with Gasteiger partial charge in [-0.25, -0.2) is 5.48 Å². The second kappa shape index (κ2) is 6.27. The summed E-state index contributed by atoms with van der Waals surface area (Å²) < 4.78 is 0. The Morgan fingerprint density at radius 3 is 2.54 bits per heavy atom. The van der Waals surface area contributed by atoms with Crippen LogP contribution in [0.5, 0.6) is 0 Å². The van der Waals surface area contributed by atoms with Crippen LogP contribution in [0.25, 0.3) is 0 Å². The molecule has 1 fully saturated rings. The molecule has 13 heavy (non-hydrogen) atoms. The molecule has 4 heteroatoms. The summed E-state index contributed by atoms with van der Waals surface area (Å²) in [7, 11) is 0. The second-order valence-corrected chi connectivity index (χ2v) is 3.98. The third-order valence-electron chi connectivity index (χ3n) is 2.36.